The van der Waals surface area contributed by atoms with Crippen LogP contribution in [0.3, 0.4) is 0 Å². The molecule has 0 heterocycles. The minimum Gasteiger partial charge on any atom is -0.392 e. The molecule has 0 aromatic carbocycles. The predicted octanol–water partition coefficient (Wildman–Crippen LogP) is 2.72. The number of aliphatic hydroxyl groups is 1. The molecule has 0 amide bonds. The Morgan fingerprint density at radius 2 is 1.71 bits per heavy atom. The van der Waals surface area contributed by atoms with E-state index < -0.39 is 0 Å². The molecule has 0 bridgehead atoms. The minimum atomic E-state index is -0.192. The molecule has 0 saturated carbocycles. The van der Waals surface area contributed by atoms with Crippen molar-refractivity contribution >= 4 is 0 Å². The molecule has 1 unspecified atom stereocenters. The van der Waals surface area contributed by atoms with Crippen LogP contribution < -0.4 is 5.32 Å². The summed E-state index contributed by atoms with van der Waals surface area (Å²) in [5.74, 6) is 0. The number of methoxy groups -OCH3 is 1. The molecule has 2 N–H and O–H groups in total. The van der Waals surface area contributed by atoms with Crippen molar-refractivity contribution in [1.29, 1.82) is 0 Å². The van der Waals surface area contributed by atoms with E-state index in [-0.39, 0.29) is 6.10 Å². The predicted molar refractivity (Wildman–Crippen MR) is 73.4 cm³/mol. The zero-order chi connectivity index (χ0) is 12.8. The molecule has 0 fully saturated rings. The molecule has 0 aliphatic carbocycles. The fourth-order valence-corrected chi connectivity index (χ4v) is 1.88. The monoisotopic (exact) mass is 245 g/mol. The number of unbranched alkanes of at least 4 members (excludes halogenated alkanes) is 6. The van der Waals surface area contributed by atoms with Crippen LogP contribution in [0, 0.1) is 0 Å². The van der Waals surface area contributed by atoms with Gasteiger partial charge in [-0.05, 0) is 6.42 Å². The Balaban J connectivity index is 3.08. The summed E-state index contributed by atoms with van der Waals surface area (Å²) in [6.45, 7) is 4.47. The van der Waals surface area contributed by atoms with Crippen LogP contribution in [0.4, 0.5) is 0 Å². The molecule has 0 spiro atoms. The molecule has 3 nitrogen and oxygen atoms in total. The Bertz CT molecular complexity index is 142. The summed E-state index contributed by atoms with van der Waals surface area (Å²) in [6.07, 6.45) is 9.88. The Morgan fingerprint density at radius 1 is 1.06 bits per heavy atom. The van der Waals surface area contributed by atoms with Crippen LogP contribution in [-0.4, -0.2) is 38.0 Å². The van der Waals surface area contributed by atoms with Gasteiger partial charge >= 0.3 is 0 Å². The highest BCUT2D eigenvalue weighted by atomic mass is 16.5. The van der Waals surface area contributed by atoms with E-state index in [0.29, 0.717) is 13.2 Å². The van der Waals surface area contributed by atoms with Gasteiger partial charge in [-0.25, -0.2) is 0 Å². The Kier molecular flexibility index (Phi) is 13.8. The summed E-state index contributed by atoms with van der Waals surface area (Å²) < 4.78 is 4.92. The fourth-order valence-electron chi connectivity index (χ4n) is 1.88. The second-order valence-electron chi connectivity index (χ2n) is 4.76. The van der Waals surface area contributed by atoms with Gasteiger partial charge < -0.3 is 15.2 Å². The maximum atomic E-state index is 9.69. The molecular weight excluding hydrogens is 214 g/mol. The molecule has 0 saturated heterocycles. The molecule has 0 aliphatic heterocycles. The summed E-state index contributed by atoms with van der Waals surface area (Å²) in [5, 5.41) is 12.9. The molecule has 17 heavy (non-hydrogen) atoms. The highest BCUT2D eigenvalue weighted by Gasteiger charge is 2.02. The number of hydrogen-bond acceptors (Lipinski definition) is 3. The van der Waals surface area contributed by atoms with Gasteiger partial charge in [0, 0.05) is 20.2 Å². The van der Waals surface area contributed by atoms with Gasteiger partial charge in [0.25, 0.3) is 0 Å². The SMILES string of the molecule is CCCCCCCCCC(O)CNCCOC. The van der Waals surface area contributed by atoms with Crippen LogP contribution in [0.5, 0.6) is 0 Å². The zero-order valence-corrected chi connectivity index (χ0v) is 11.7. The van der Waals surface area contributed by atoms with E-state index >= 15 is 0 Å². The van der Waals surface area contributed by atoms with Crippen molar-refractivity contribution in [1.82, 2.24) is 5.32 Å². The van der Waals surface area contributed by atoms with E-state index in [2.05, 4.69) is 12.2 Å². The molecule has 0 aliphatic rings. The topological polar surface area (TPSA) is 41.5 Å². The van der Waals surface area contributed by atoms with E-state index in [1.165, 1.54) is 38.5 Å². The third-order valence-corrected chi connectivity index (χ3v) is 3.00. The standard InChI is InChI=1S/C14H31NO2/c1-3-4-5-6-7-8-9-10-14(16)13-15-11-12-17-2/h14-16H,3-13H2,1-2H3. The summed E-state index contributed by atoms with van der Waals surface area (Å²) >= 11 is 0. The van der Waals surface area contributed by atoms with Gasteiger partial charge in [0.1, 0.15) is 0 Å². The van der Waals surface area contributed by atoms with Gasteiger partial charge in [-0.3, -0.25) is 0 Å². The molecule has 0 aromatic heterocycles. The highest BCUT2D eigenvalue weighted by Crippen LogP contribution is 2.09. The first kappa shape index (κ1) is 16.9. The van der Waals surface area contributed by atoms with Crippen LogP contribution in [0.15, 0.2) is 0 Å². The number of ether oxygens (including phenoxy) is 1. The molecule has 0 aromatic rings. The van der Waals surface area contributed by atoms with Crippen LogP contribution in [-0.2, 0) is 4.74 Å². The molecule has 0 rings (SSSR count). The van der Waals surface area contributed by atoms with Gasteiger partial charge in [0.2, 0.25) is 0 Å². The van der Waals surface area contributed by atoms with E-state index in [9.17, 15) is 5.11 Å². The largest absolute Gasteiger partial charge is 0.392 e. The first-order valence-corrected chi connectivity index (χ1v) is 7.19. The lowest BCUT2D eigenvalue weighted by atomic mass is 10.1. The first-order chi connectivity index (χ1) is 8.31. The van der Waals surface area contributed by atoms with E-state index in [1.807, 2.05) is 0 Å². The van der Waals surface area contributed by atoms with E-state index in [0.717, 1.165) is 19.4 Å². The fraction of sp³-hybridized carbons (Fsp3) is 1.00. The van der Waals surface area contributed by atoms with Gasteiger partial charge in [-0.1, -0.05) is 51.9 Å². The van der Waals surface area contributed by atoms with Gasteiger partial charge in [0.15, 0.2) is 0 Å². The Hall–Kier alpha value is -0.120. The van der Waals surface area contributed by atoms with Gasteiger partial charge in [0.05, 0.1) is 12.7 Å². The Morgan fingerprint density at radius 3 is 2.35 bits per heavy atom. The molecule has 1 atom stereocenters. The van der Waals surface area contributed by atoms with Crippen molar-refractivity contribution in [3.8, 4) is 0 Å². The van der Waals surface area contributed by atoms with Crippen LogP contribution in [0.2, 0.25) is 0 Å². The quantitative estimate of drug-likeness (QED) is 0.490. The maximum Gasteiger partial charge on any atom is 0.0664 e. The van der Waals surface area contributed by atoms with Crippen molar-refractivity contribution in [2.45, 2.75) is 64.4 Å². The second-order valence-corrected chi connectivity index (χ2v) is 4.76. The zero-order valence-electron chi connectivity index (χ0n) is 11.7. The minimum absolute atomic E-state index is 0.192. The first-order valence-electron chi connectivity index (χ1n) is 7.19. The molecular formula is C14H31NO2. The van der Waals surface area contributed by atoms with Crippen molar-refractivity contribution < 1.29 is 9.84 Å². The summed E-state index contributed by atoms with van der Waals surface area (Å²) in [5.41, 5.74) is 0. The molecule has 104 valence electrons. The summed E-state index contributed by atoms with van der Waals surface area (Å²) in [7, 11) is 1.69. The van der Waals surface area contributed by atoms with E-state index in [1.54, 1.807) is 7.11 Å². The Labute approximate surface area is 107 Å². The number of rotatable bonds is 13. The van der Waals surface area contributed by atoms with Crippen molar-refractivity contribution in [3.63, 3.8) is 0 Å². The van der Waals surface area contributed by atoms with Gasteiger partial charge in [-0.15, -0.1) is 0 Å². The van der Waals surface area contributed by atoms with Crippen LogP contribution >= 0.6 is 0 Å². The van der Waals surface area contributed by atoms with Crippen molar-refractivity contribution in [2.75, 3.05) is 26.8 Å². The number of aliphatic hydroxyl groups excluding tert-OH is 1. The lowest BCUT2D eigenvalue weighted by molar-refractivity contribution is 0.149. The third-order valence-electron chi connectivity index (χ3n) is 3.00. The van der Waals surface area contributed by atoms with E-state index in [4.69, 9.17) is 4.74 Å². The second kappa shape index (κ2) is 13.9. The molecule has 0 radical (unpaired) electrons. The lowest BCUT2D eigenvalue weighted by Gasteiger charge is -2.11. The third kappa shape index (κ3) is 13.8. The smallest absolute Gasteiger partial charge is 0.0664 e. The van der Waals surface area contributed by atoms with Crippen LogP contribution in [0.1, 0.15) is 58.3 Å². The average molecular weight is 245 g/mol. The molecule has 3 heteroatoms. The highest BCUT2D eigenvalue weighted by molar-refractivity contribution is 4.59. The number of nitrogens with one attached hydrogen (secondary N) is 1. The van der Waals surface area contributed by atoms with Gasteiger partial charge in [-0.2, -0.15) is 0 Å². The van der Waals surface area contributed by atoms with Crippen molar-refractivity contribution in [3.05, 3.63) is 0 Å². The summed E-state index contributed by atoms with van der Waals surface area (Å²) in [6, 6.07) is 0. The maximum absolute atomic E-state index is 9.69. The van der Waals surface area contributed by atoms with Crippen LogP contribution in [0.25, 0.3) is 0 Å². The van der Waals surface area contributed by atoms with Crippen molar-refractivity contribution in [2.24, 2.45) is 0 Å². The summed E-state index contributed by atoms with van der Waals surface area (Å²) in [4.78, 5) is 0. The number of hydrogen-bond donors (Lipinski definition) is 2. The average Bonchev–Trinajstić information content (AvgIpc) is 2.33. The lowest BCUT2D eigenvalue weighted by Crippen LogP contribution is -2.29. The normalized spacial score (nSPS) is 12.9.